The Bertz CT molecular complexity index is 460. The van der Waals surface area contributed by atoms with E-state index in [9.17, 15) is 0 Å². The van der Waals surface area contributed by atoms with Crippen LogP contribution in [0.25, 0.3) is 10.8 Å². The molecule has 1 atom stereocenters. The number of pyridine rings is 1. The van der Waals surface area contributed by atoms with Gasteiger partial charge in [0, 0.05) is 17.6 Å². The number of aromatic nitrogens is 1. The summed E-state index contributed by atoms with van der Waals surface area (Å²) in [6, 6.07) is 10.9. The lowest BCUT2D eigenvalue weighted by Crippen LogP contribution is -2.21. The second kappa shape index (κ2) is 5.08. The molecule has 0 amide bonds. The fourth-order valence-electron chi connectivity index (χ4n) is 2.10. The summed E-state index contributed by atoms with van der Waals surface area (Å²) in [5, 5.41) is 6.01. The molecule has 1 unspecified atom stereocenters. The van der Waals surface area contributed by atoms with Crippen molar-refractivity contribution >= 4 is 10.8 Å². The van der Waals surface area contributed by atoms with Crippen LogP contribution in [0.4, 0.5) is 0 Å². The Labute approximate surface area is 96.7 Å². The van der Waals surface area contributed by atoms with E-state index in [1.807, 2.05) is 6.20 Å². The highest BCUT2D eigenvalue weighted by atomic mass is 14.9. The number of nitrogens with zero attached hydrogens (tertiary/aromatic N) is 1. The number of rotatable bonds is 4. The average Bonchev–Trinajstić information content (AvgIpc) is 2.35. The van der Waals surface area contributed by atoms with Crippen LogP contribution in [-0.4, -0.2) is 11.5 Å². The van der Waals surface area contributed by atoms with Crippen LogP contribution in [0.15, 0.2) is 36.5 Å². The van der Waals surface area contributed by atoms with Crippen molar-refractivity contribution in [2.24, 2.45) is 0 Å². The SMILES string of the molecule is CCNC(CC)c1nccc2ccccc12. The summed E-state index contributed by atoms with van der Waals surface area (Å²) in [6.45, 7) is 5.30. The van der Waals surface area contributed by atoms with Crippen molar-refractivity contribution in [2.75, 3.05) is 6.54 Å². The number of hydrogen-bond donors (Lipinski definition) is 1. The monoisotopic (exact) mass is 214 g/mol. The Morgan fingerprint density at radius 2 is 2.00 bits per heavy atom. The molecule has 0 spiro atoms. The van der Waals surface area contributed by atoms with Crippen LogP contribution in [0.1, 0.15) is 32.0 Å². The van der Waals surface area contributed by atoms with Gasteiger partial charge in [-0.3, -0.25) is 4.98 Å². The molecule has 2 nitrogen and oxygen atoms in total. The summed E-state index contributed by atoms with van der Waals surface area (Å²) in [5.74, 6) is 0. The minimum absolute atomic E-state index is 0.357. The van der Waals surface area contributed by atoms with Gasteiger partial charge < -0.3 is 5.32 Å². The van der Waals surface area contributed by atoms with Crippen LogP contribution in [0.5, 0.6) is 0 Å². The van der Waals surface area contributed by atoms with Crippen LogP contribution >= 0.6 is 0 Å². The first kappa shape index (κ1) is 11.1. The maximum atomic E-state index is 4.53. The van der Waals surface area contributed by atoms with Gasteiger partial charge in [0.15, 0.2) is 0 Å². The van der Waals surface area contributed by atoms with E-state index in [4.69, 9.17) is 0 Å². The van der Waals surface area contributed by atoms with Gasteiger partial charge in [0.2, 0.25) is 0 Å². The fourth-order valence-corrected chi connectivity index (χ4v) is 2.10. The topological polar surface area (TPSA) is 24.9 Å². The van der Waals surface area contributed by atoms with E-state index in [0.29, 0.717) is 6.04 Å². The van der Waals surface area contributed by atoms with E-state index in [1.54, 1.807) is 0 Å². The average molecular weight is 214 g/mol. The molecule has 16 heavy (non-hydrogen) atoms. The van der Waals surface area contributed by atoms with Gasteiger partial charge in [-0.05, 0) is 24.4 Å². The molecule has 0 radical (unpaired) electrons. The summed E-state index contributed by atoms with van der Waals surface area (Å²) in [5.41, 5.74) is 1.17. The zero-order chi connectivity index (χ0) is 11.4. The van der Waals surface area contributed by atoms with Crippen molar-refractivity contribution in [1.82, 2.24) is 10.3 Å². The Hall–Kier alpha value is -1.41. The van der Waals surface area contributed by atoms with Crippen LogP contribution in [0.3, 0.4) is 0 Å². The normalized spacial score (nSPS) is 12.9. The summed E-state index contributed by atoms with van der Waals surface area (Å²) in [7, 11) is 0. The minimum Gasteiger partial charge on any atom is -0.309 e. The highest BCUT2D eigenvalue weighted by Crippen LogP contribution is 2.23. The molecule has 2 rings (SSSR count). The molecule has 1 aromatic heterocycles. The van der Waals surface area contributed by atoms with Crippen LogP contribution < -0.4 is 5.32 Å². The van der Waals surface area contributed by atoms with Gasteiger partial charge >= 0.3 is 0 Å². The highest BCUT2D eigenvalue weighted by molar-refractivity contribution is 5.84. The molecule has 0 aliphatic rings. The highest BCUT2D eigenvalue weighted by Gasteiger charge is 2.11. The molecule has 84 valence electrons. The maximum absolute atomic E-state index is 4.53. The van der Waals surface area contributed by atoms with E-state index in [-0.39, 0.29) is 0 Å². The Balaban J connectivity index is 2.50. The third kappa shape index (κ3) is 2.07. The van der Waals surface area contributed by atoms with Crippen molar-refractivity contribution in [3.05, 3.63) is 42.2 Å². The Morgan fingerprint density at radius 3 is 2.75 bits per heavy atom. The van der Waals surface area contributed by atoms with Gasteiger partial charge in [-0.25, -0.2) is 0 Å². The van der Waals surface area contributed by atoms with Crippen molar-refractivity contribution < 1.29 is 0 Å². The van der Waals surface area contributed by atoms with E-state index in [2.05, 4.69) is 54.5 Å². The molecular weight excluding hydrogens is 196 g/mol. The quantitative estimate of drug-likeness (QED) is 0.844. The molecule has 1 N–H and O–H groups in total. The lowest BCUT2D eigenvalue weighted by molar-refractivity contribution is 0.529. The summed E-state index contributed by atoms with van der Waals surface area (Å²) < 4.78 is 0. The molecule has 0 aliphatic carbocycles. The smallest absolute Gasteiger partial charge is 0.0651 e. The molecule has 2 aromatic rings. The zero-order valence-corrected chi connectivity index (χ0v) is 9.90. The number of nitrogens with one attached hydrogen (secondary N) is 1. The molecule has 0 saturated carbocycles. The van der Waals surface area contributed by atoms with Gasteiger partial charge in [-0.15, -0.1) is 0 Å². The van der Waals surface area contributed by atoms with E-state index < -0.39 is 0 Å². The third-order valence-corrected chi connectivity index (χ3v) is 2.89. The molecule has 0 saturated heterocycles. The van der Waals surface area contributed by atoms with Gasteiger partial charge in [-0.1, -0.05) is 38.1 Å². The zero-order valence-electron chi connectivity index (χ0n) is 9.90. The number of fused-ring (bicyclic) bond motifs is 1. The summed E-state index contributed by atoms with van der Waals surface area (Å²) in [6.07, 6.45) is 2.96. The summed E-state index contributed by atoms with van der Waals surface area (Å²) >= 11 is 0. The molecule has 0 aliphatic heterocycles. The predicted octanol–water partition coefficient (Wildman–Crippen LogP) is 3.30. The first-order chi connectivity index (χ1) is 7.86. The van der Waals surface area contributed by atoms with E-state index >= 15 is 0 Å². The van der Waals surface area contributed by atoms with Gasteiger partial charge in [0.25, 0.3) is 0 Å². The van der Waals surface area contributed by atoms with Crippen LogP contribution in [0, 0.1) is 0 Å². The van der Waals surface area contributed by atoms with Gasteiger partial charge in [0.05, 0.1) is 5.69 Å². The number of hydrogen-bond acceptors (Lipinski definition) is 2. The molecular formula is C14H18N2. The first-order valence-electron chi connectivity index (χ1n) is 5.93. The molecule has 2 heteroatoms. The minimum atomic E-state index is 0.357. The predicted molar refractivity (Wildman–Crippen MR) is 68.5 cm³/mol. The van der Waals surface area contributed by atoms with E-state index in [1.165, 1.54) is 16.5 Å². The molecule has 0 bridgehead atoms. The lowest BCUT2D eigenvalue weighted by Gasteiger charge is -2.17. The second-order valence-electron chi connectivity index (χ2n) is 3.94. The largest absolute Gasteiger partial charge is 0.309 e. The molecule has 1 heterocycles. The number of benzene rings is 1. The van der Waals surface area contributed by atoms with Gasteiger partial charge in [0.1, 0.15) is 0 Å². The standard InChI is InChI=1S/C14H18N2/c1-3-13(15-4-2)14-12-8-6-5-7-11(12)9-10-16-14/h5-10,13,15H,3-4H2,1-2H3. The van der Waals surface area contributed by atoms with Crippen LogP contribution in [0.2, 0.25) is 0 Å². The second-order valence-corrected chi connectivity index (χ2v) is 3.94. The Morgan fingerprint density at radius 1 is 1.19 bits per heavy atom. The van der Waals surface area contributed by atoms with Crippen molar-refractivity contribution in [1.29, 1.82) is 0 Å². The van der Waals surface area contributed by atoms with Crippen molar-refractivity contribution in [3.63, 3.8) is 0 Å². The fraction of sp³-hybridized carbons (Fsp3) is 0.357. The first-order valence-corrected chi connectivity index (χ1v) is 5.93. The summed E-state index contributed by atoms with van der Waals surface area (Å²) in [4.78, 5) is 4.53. The third-order valence-electron chi connectivity index (χ3n) is 2.89. The van der Waals surface area contributed by atoms with E-state index in [0.717, 1.165) is 13.0 Å². The van der Waals surface area contributed by atoms with Crippen LogP contribution in [-0.2, 0) is 0 Å². The molecule has 0 fully saturated rings. The van der Waals surface area contributed by atoms with Crippen molar-refractivity contribution in [2.45, 2.75) is 26.3 Å². The maximum Gasteiger partial charge on any atom is 0.0651 e. The van der Waals surface area contributed by atoms with Gasteiger partial charge in [-0.2, -0.15) is 0 Å². The molecule has 1 aromatic carbocycles. The lowest BCUT2D eigenvalue weighted by atomic mass is 10.0. The van der Waals surface area contributed by atoms with Crippen molar-refractivity contribution in [3.8, 4) is 0 Å². The Kier molecular flexibility index (Phi) is 3.52.